The van der Waals surface area contributed by atoms with Crippen molar-refractivity contribution in [3.63, 3.8) is 0 Å². The van der Waals surface area contributed by atoms with Gasteiger partial charge >= 0.3 is 0 Å². The van der Waals surface area contributed by atoms with E-state index in [4.69, 9.17) is 0 Å². The quantitative estimate of drug-likeness (QED) is 0.645. The van der Waals surface area contributed by atoms with Gasteiger partial charge in [-0.3, -0.25) is 10.1 Å². The van der Waals surface area contributed by atoms with Gasteiger partial charge in [0.2, 0.25) is 0 Å². The van der Waals surface area contributed by atoms with Gasteiger partial charge in [-0.2, -0.15) is 0 Å². The van der Waals surface area contributed by atoms with E-state index in [0.717, 1.165) is 18.4 Å². The van der Waals surface area contributed by atoms with Crippen molar-refractivity contribution in [3.05, 3.63) is 46.0 Å². The highest BCUT2D eigenvalue weighted by molar-refractivity contribution is 5.18. The number of rotatable bonds is 3. The van der Waals surface area contributed by atoms with Crippen molar-refractivity contribution >= 4 is 0 Å². The van der Waals surface area contributed by atoms with Crippen LogP contribution in [0.2, 0.25) is 0 Å². The van der Waals surface area contributed by atoms with E-state index in [1.54, 1.807) is 0 Å². The lowest BCUT2D eigenvalue weighted by molar-refractivity contribution is -0.587. The molecule has 4 nitrogen and oxygen atoms in total. The van der Waals surface area contributed by atoms with E-state index >= 15 is 0 Å². The van der Waals surface area contributed by atoms with Gasteiger partial charge in [-0.05, 0) is 18.4 Å². The number of benzene rings is 1. The minimum atomic E-state index is -1.18. The molecule has 0 heterocycles. The summed E-state index contributed by atoms with van der Waals surface area (Å²) in [5, 5.41) is 21.3. The molecule has 1 fully saturated rings. The van der Waals surface area contributed by atoms with Crippen LogP contribution in [-0.4, -0.2) is 21.7 Å². The summed E-state index contributed by atoms with van der Waals surface area (Å²) >= 11 is 0. The van der Waals surface area contributed by atoms with Gasteiger partial charge in [0, 0.05) is 17.8 Å². The lowest BCUT2D eigenvalue weighted by atomic mass is 9.76. The van der Waals surface area contributed by atoms with Crippen LogP contribution in [0, 0.1) is 10.1 Å². The van der Waals surface area contributed by atoms with Crippen molar-refractivity contribution in [2.45, 2.75) is 43.7 Å². The number of hydrogen-bond acceptors (Lipinski definition) is 3. The standard InChI is InChI=1S/C13H17NO3/c15-12-8-4-5-9-13(12,14(16)17)10-11-6-2-1-3-7-11/h1-3,6-7,12,15H,4-5,8-10H2. The summed E-state index contributed by atoms with van der Waals surface area (Å²) in [5.74, 6) is 0. The molecule has 1 N–H and O–H groups in total. The van der Waals surface area contributed by atoms with Crippen LogP contribution in [0.5, 0.6) is 0 Å². The van der Waals surface area contributed by atoms with Gasteiger partial charge in [0.05, 0.1) is 0 Å². The number of nitro groups is 1. The molecule has 0 saturated heterocycles. The maximum Gasteiger partial charge on any atom is 0.251 e. The molecule has 0 aliphatic heterocycles. The Hall–Kier alpha value is -1.42. The van der Waals surface area contributed by atoms with E-state index in [2.05, 4.69) is 0 Å². The number of hydrogen-bond donors (Lipinski definition) is 1. The van der Waals surface area contributed by atoms with Crippen LogP contribution in [0.4, 0.5) is 0 Å². The number of nitrogens with zero attached hydrogens (tertiary/aromatic N) is 1. The molecule has 1 aromatic carbocycles. The van der Waals surface area contributed by atoms with Crippen LogP contribution in [0.25, 0.3) is 0 Å². The molecule has 1 aliphatic carbocycles. The first-order valence-corrected chi connectivity index (χ1v) is 6.02. The fourth-order valence-electron chi connectivity index (χ4n) is 2.64. The lowest BCUT2D eigenvalue weighted by Gasteiger charge is -2.33. The molecule has 92 valence electrons. The summed E-state index contributed by atoms with van der Waals surface area (Å²) < 4.78 is 0. The van der Waals surface area contributed by atoms with Crippen LogP contribution in [0.3, 0.4) is 0 Å². The highest BCUT2D eigenvalue weighted by Gasteiger charge is 2.50. The van der Waals surface area contributed by atoms with E-state index < -0.39 is 11.6 Å². The molecule has 4 heteroatoms. The SMILES string of the molecule is O=[N+]([O-])C1(Cc2ccccc2)CCCCC1O. The average molecular weight is 235 g/mol. The third kappa shape index (κ3) is 2.31. The summed E-state index contributed by atoms with van der Waals surface area (Å²) in [7, 11) is 0. The summed E-state index contributed by atoms with van der Waals surface area (Å²) in [5.41, 5.74) is -0.260. The van der Waals surface area contributed by atoms with Crippen molar-refractivity contribution < 1.29 is 10.0 Å². The molecular weight excluding hydrogens is 218 g/mol. The van der Waals surface area contributed by atoms with Gasteiger partial charge in [-0.1, -0.05) is 36.8 Å². The van der Waals surface area contributed by atoms with Crippen LogP contribution < -0.4 is 0 Å². The van der Waals surface area contributed by atoms with Crippen LogP contribution in [0.15, 0.2) is 30.3 Å². The molecule has 0 bridgehead atoms. The van der Waals surface area contributed by atoms with E-state index in [1.165, 1.54) is 0 Å². The predicted molar refractivity (Wildman–Crippen MR) is 64.3 cm³/mol. The largest absolute Gasteiger partial charge is 0.386 e. The van der Waals surface area contributed by atoms with Gasteiger partial charge < -0.3 is 5.11 Å². The average Bonchev–Trinajstić information content (AvgIpc) is 2.33. The molecule has 1 saturated carbocycles. The van der Waals surface area contributed by atoms with Crippen LogP contribution in [-0.2, 0) is 6.42 Å². The minimum absolute atomic E-state index is 0.274. The summed E-state index contributed by atoms with van der Waals surface area (Å²) in [4.78, 5) is 11.1. The lowest BCUT2D eigenvalue weighted by Crippen LogP contribution is -2.53. The van der Waals surface area contributed by atoms with E-state index in [0.29, 0.717) is 19.3 Å². The Labute approximate surface area is 100 Å². The summed E-state index contributed by atoms with van der Waals surface area (Å²) in [6, 6.07) is 9.40. The van der Waals surface area contributed by atoms with Gasteiger partial charge in [-0.25, -0.2) is 0 Å². The second-order valence-electron chi connectivity index (χ2n) is 4.78. The number of aliphatic hydroxyl groups excluding tert-OH is 1. The third-order valence-corrected chi connectivity index (χ3v) is 3.67. The van der Waals surface area contributed by atoms with E-state index in [1.807, 2.05) is 30.3 Å². The Bertz CT molecular complexity index is 393. The molecule has 1 aromatic rings. The van der Waals surface area contributed by atoms with Crippen molar-refractivity contribution in [2.24, 2.45) is 0 Å². The van der Waals surface area contributed by atoms with Crippen molar-refractivity contribution in [1.29, 1.82) is 0 Å². The molecule has 2 unspecified atom stereocenters. The van der Waals surface area contributed by atoms with E-state index in [-0.39, 0.29) is 4.92 Å². The molecule has 0 radical (unpaired) electrons. The molecule has 1 aliphatic rings. The Balaban J connectivity index is 2.25. The fourth-order valence-corrected chi connectivity index (χ4v) is 2.64. The van der Waals surface area contributed by atoms with Crippen LogP contribution >= 0.6 is 0 Å². The first-order valence-electron chi connectivity index (χ1n) is 6.02. The Morgan fingerprint density at radius 3 is 2.65 bits per heavy atom. The highest BCUT2D eigenvalue weighted by atomic mass is 16.6. The Kier molecular flexibility index (Phi) is 3.43. The summed E-state index contributed by atoms with van der Waals surface area (Å²) in [6.07, 6.45) is 2.20. The molecule has 0 aromatic heterocycles. The first-order chi connectivity index (χ1) is 8.15. The number of aliphatic hydroxyl groups is 1. The zero-order valence-corrected chi connectivity index (χ0v) is 9.71. The molecule has 0 spiro atoms. The highest BCUT2D eigenvalue weighted by Crippen LogP contribution is 2.34. The van der Waals surface area contributed by atoms with Crippen molar-refractivity contribution in [1.82, 2.24) is 0 Å². The maximum atomic E-state index is 11.3. The van der Waals surface area contributed by atoms with Gasteiger partial charge in [0.1, 0.15) is 6.10 Å². The molecule has 2 atom stereocenters. The predicted octanol–water partition coefficient (Wildman–Crippen LogP) is 2.18. The topological polar surface area (TPSA) is 63.4 Å². The Morgan fingerprint density at radius 2 is 2.06 bits per heavy atom. The van der Waals surface area contributed by atoms with Gasteiger partial charge in [0.15, 0.2) is 0 Å². The van der Waals surface area contributed by atoms with Crippen LogP contribution in [0.1, 0.15) is 31.2 Å². The fraction of sp³-hybridized carbons (Fsp3) is 0.538. The second-order valence-corrected chi connectivity index (χ2v) is 4.78. The molecule has 2 rings (SSSR count). The molecule has 0 amide bonds. The minimum Gasteiger partial charge on any atom is -0.386 e. The van der Waals surface area contributed by atoms with Gasteiger partial charge in [0.25, 0.3) is 5.54 Å². The van der Waals surface area contributed by atoms with Crippen molar-refractivity contribution in [3.8, 4) is 0 Å². The third-order valence-electron chi connectivity index (χ3n) is 3.67. The van der Waals surface area contributed by atoms with E-state index in [9.17, 15) is 15.2 Å². The molecule has 17 heavy (non-hydrogen) atoms. The normalized spacial score (nSPS) is 28.9. The second kappa shape index (κ2) is 4.84. The maximum absolute atomic E-state index is 11.3. The summed E-state index contributed by atoms with van der Waals surface area (Å²) in [6.45, 7) is 0. The van der Waals surface area contributed by atoms with Crippen molar-refractivity contribution in [2.75, 3.05) is 0 Å². The smallest absolute Gasteiger partial charge is 0.251 e. The first kappa shape index (κ1) is 12.0. The zero-order valence-electron chi connectivity index (χ0n) is 9.71. The Morgan fingerprint density at radius 1 is 1.35 bits per heavy atom. The molecular formula is C13H17NO3. The zero-order chi connectivity index (χ0) is 12.3. The van der Waals surface area contributed by atoms with Gasteiger partial charge in [-0.15, -0.1) is 0 Å². The monoisotopic (exact) mass is 235 g/mol.